The lowest BCUT2D eigenvalue weighted by molar-refractivity contribution is -0.153. The van der Waals surface area contributed by atoms with Crippen molar-refractivity contribution in [3.63, 3.8) is 0 Å². The molecule has 13 heteroatoms. The quantitative estimate of drug-likeness (QED) is 0.0404. The van der Waals surface area contributed by atoms with E-state index < -0.39 is 40.0 Å². The molecule has 0 fully saturated rings. The molecule has 0 aliphatic carbocycles. The van der Waals surface area contributed by atoms with Crippen molar-refractivity contribution < 1.29 is 27.4 Å². The summed E-state index contributed by atoms with van der Waals surface area (Å²) in [5.74, 6) is -0.229. The highest BCUT2D eigenvalue weighted by atomic mass is 32.2. The van der Waals surface area contributed by atoms with Gasteiger partial charge in [0.05, 0.1) is 18.1 Å². The number of hydrazine groups is 1. The number of nitrogens with one attached hydrogen (secondary N) is 1. The van der Waals surface area contributed by atoms with Crippen LogP contribution in [0.2, 0.25) is 25.7 Å². The van der Waals surface area contributed by atoms with Crippen LogP contribution in [0.5, 0.6) is 0 Å². The lowest BCUT2D eigenvalue weighted by Gasteiger charge is -2.43. The summed E-state index contributed by atoms with van der Waals surface area (Å²) < 4.78 is 40.7. The SMILES string of the molecule is C=C(/N=C\CCC(C)(C=NCC)N(C)N(COCC[Si](C)(C)C)C(=N)S(C)(=O)=O)OCC(C)(C)C(=O)OC. The van der Waals surface area contributed by atoms with Gasteiger partial charge >= 0.3 is 5.97 Å². The van der Waals surface area contributed by atoms with Crippen molar-refractivity contribution in [3.05, 3.63) is 12.5 Å². The van der Waals surface area contributed by atoms with Crippen molar-refractivity contribution in [3.8, 4) is 0 Å². The van der Waals surface area contributed by atoms with E-state index in [4.69, 9.17) is 19.6 Å². The molecule has 0 bridgehead atoms. The summed E-state index contributed by atoms with van der Waals surface area (Å²) in [5.41, 5.74) is -1.59. The van der Waals surface area contributed by atoms with Crippen molar-refractivity contribution in [2.75, 3.05) is 46.9 Å². The van der Waals surface area contributed by atoms with Gasteiger partial charge in [0, 0.05) is 47.0 Å². The predicted octanol–water partition coefficient (Wildman–Crippen LogP) is 3.81. The summed E-state index contributed by atoms with van der Waals surface area (Å²) >= 11 is 0. The molecule has 1 N–H and O–H groups in total. The third kappa shape index (κ3) is 13.1. The van der Waals surface area contributed by atoms with E-state index in [9.17, 15) is 13.2 Å². The fourth-order valence-electron chi connectivity index (χ4n) is 3.04. The third-order valence-electron chi connectivity index (χ3n) is 5.80. The molecule has 0 aliphatic rings. The Balaban J connectivity index is 5.55. The minimum Gasteiger partial charge on any atom is -0.477 e. The summed E-state index contributed by atoms with van der Waals surface area (Å²) in [6.07, 6.45) is 5.40. The zero-order chi connectivity index (χ0) is 29.8. The first-order valence-electron chi connectivity index (χ1n) is 12.6. The van der Waals surface area contributed by atoms with Crippen molar-refractivity contribution in [2.45, 2.75) is 71.8 Å². The second-order valence-electron chi connectivity index (χ2n) is 11.2. The number of esters is 1. The number of sulfone groups is 1. The minimum absolute atomic E-state index is 0.0692. The van der Waals surface area contributed by atoms with Crippen molar-refractivity contribution in [2.24, 2.45) is 15.4 Å². The molecule has 1 atom stereocenters. The van der Waals surface area contributed by atoms with Gasteiger partial charge < -0.3 is 14.2 Å². The molecular formula is C25H49N5O6SSi. The van der Waals surface area contributed by atoms with Crippen molar-refractivity contribution >= 4 is 41.5 Å². The molecule has 0 aromatic heterocycles. The summed E-state index contributed by atoms with van der Waals surface area (Å²) in [6, 6.07) is 0.921. The number of rotatable bonds is 17. The smallest absolute Gasteiger partial charge is 0.314 e. The van der Waals surface area contributed by atoms with Gasteiger partial charge in [0.15, 0.2) is 0 Å². The van der Waals surface area contributed by atoms with E-state index >= 15 is 0 Å². The van der Waals surface area contributed by atoms with Crippen molar-refractivity contribution in [1.82, 2.24) is 10.0 Å². The fourth-order valence-corrected chi connectivity index (χ4v) is 4.35. The van der Waals surface area contributed by atoms with Crippen LogP contribution in [0.4, 0.5) is 0 Å². The van der Waals surface area contributed by atoms with Gasteiger partial charge in [-0.25, -0.2) is 18.4 Å². The number of ether oxygens (including phenoxy) is 3. The van der Waals surface area contributed by atoms with Crippen LogP contribution >= 0.6 is 0 Å². The molecule has 0 amide bonds. The maximum Gasteiger partial charge on any atom is 0.314 e. The lowest BCUT2D eigenvalue weighted by Crippen LogP contribution is -2.58. The van der Waals surface area contributed by atoms with Crippen LogP contribution in [-0.2, 0) is 28.8 Å². The molecule has 0 aliphatic heterocycles. The molecule has 0 saturated carbocycles. The first-order valence-corrected chi connectivity index (χ1v) is 18.2. The second-order valence-corrected chi connectivity index (χ2v) is 18.8. The number of amidine groups is 1. The highest BCUT2D eigenvalue weighted by Gasteiger charge is 2.35. The molecule has 0 heterocycles. The largest absolute Gasteiger partial charge is 0.477 e. The number of methoxy groups -OCH3 is 1. The molecular weight excluding hydrogens is 526 g/mol. The number of carbonyl (C=O) groups is 1. The topological polar surface area (TPSA) is 134 Å². The van der Waals surface area contributed by atoms with Crippen LogP contribution in [0.15, 0.2) is 22.4 Å². The maximum absolute atomic E-state index is 12.3. The van der Waals surface area contributed by atoms with E-state index in [1.807, 2.05) is 13.8 Å². The third-order valence-corrected chi connectivity index (χ3v) is 8.42. The Bertz CT molecular complexity index is 962. The molecule has 11 nitrogen and oxygen atoms in total. The molecule has 1 unspecified atom stereocenters. The molecule has 0 radical (unpaired) electrons. The fraction of sp³-hybridized carbons (Fsp3) is 0.760. The lowest BCUT2D eigenvalue weighted by atomic mass is 9.95. The van der Waals surface area contributed by atoms with Gasteiger partial charge in [-0.15, -0.1) is 0 Å². The van der Waals surface area contributed by atoms with Crippen LogP contribution in [0, 0.1) is 10.8 Å². The molecule has 0 aromatic carbocycles. The van der Waals surface area contributed by atoms with Crippen LogP contribution in [0.3, 0.4) is 0 Å². The van der Waals surface area contributed by atoms with Gasteiger partial charge in [-0.2, -0.15) is 0 Å². The zero-order valence-corrected chi connectivity index (χ0v) is 26.8. The van der Waals surface area contributed by atoms with Gasteiger partial charge in [-0.05, 0) is 53.2 Å². The standard InChI is InChI=1S/C25H49N5O6SSi/c1-12-27-18-25(5,14-13-15-28-21(2)36-19-24(3,4)22(31)34-7)29(6)30(23(26)37(8,32)33)20-35-16-17-38(9,10)11/h15,18,26H,2,12-14,16-17,19-20H2,1,3-11H3/b26-23?,27-18?,28-15-. The molecule has 220 valence electrons. The molecule has 0 spiro atoms. The Hall–Kier alpha value is -2.09. The number of aliphatic imine (C=N–C) groups is 2. The number of carbonyl (C=O) groups excluding carboxylic acids is 1. The van der Waals surface area contributed by atoms with E-state index in [0.717, 1.165) is 12.3 Å². The summed E-state index contributed by atoms with van der Waals surface area (Å²) in [7, 11) is -2.08. The Morgan fingerprint density at radius 2 is 1.82 bits per heavy atom. The molecule has 0 aromatic rings. The van der Waals surface area contributed by atoms with Gasteiger partial charge in [0.1, 0.15) is 13.3 Å². The number of nitrogens with zero attached hydrogens (tertiary/aromatic N) is 4. The van der Waals surface area contributed by atoms with E-state index in [-0.39, 0.29) is 19.2 Å². The summed E-state index contributed by atoms with van der Waals surface area (Å²) in [4.78, 5) is 20.4. The minimum atomic E-state index is -3.79. The van der Waals surface area contributed by atoms with Crippen LogP contribution < -0.4 is 0 Å². The number of hydrogen-bond donors (Lipinski definition) is 1. The Morgan fingerprint density at radius 1 is 1.21 bits per heavy atom. The summed E-state index contributed by atoms with van der Waals surface area (Å²) in [5, 5.41) is 10.8. The van der Waals surface area contributed by atoms with E-state index in [2.05, 4.69) is 36.2 Å². The second kappa shape index (κ2) is 15.5. The van der Waals surface area contributed by atoms with Crippen LogP contribution in [0.1, 0.15) is 40.5 Å². The van der Waals surface area contributed by atoms with Gasteiger partial charge in [-0.3, -0.25) is 20.2 Å². The first kappa shape index (κ1) is 35.9. The first-order chi connectivity index (χ1) is 17.3. The zero-order valence-electron chi connectivity index (χ0n) is 25.0. The monoisotopic (exact) mass is 575 g/mol. The highest BCUT2D eigenvalue weighted by molar-refractivity contribution is 8.05. The Morgan fingerprint density at radius 3 is 2.32 bits per heavy atom. The van der Waals surface area contributed by atoms with Crippen LogP contribution in [-0.4, -0.2) is 103 Å². The summed E-state index contributed by atoms with van der Waals surface area (Å²) in [6.45, 7) is 18.7. The average molecular weight is 576 g/mol. The molecule has 0 saturated heterocycles. The molecule has 38 heavy (non-hydrogen) atoms. The average Bonchev–Trinajstić information content (AvgIpc) is 2.81. The van der Waals surface area contributed by atoms with Gasteiger partial charge in [0.2, 0.25) is 20.9 Å². The predicted molar refractivity (Wildman–Crippen MR) is 157 cm³/mol. The normalized spacial score (nSPS) is 14.6. The van der Waals surface area contributed by atoms with E-state index in [0.29, 0.717) is 26.0 Å². The van der Waals surface area contributed by atoms with Gasteiger partial charge in [-0.1, -0.05) is 19.6 Å². The molecule has 0 rings (SSSR count). The van der Waals surface area contributed by atoms with E-state index in [1.165, 1.54) is 12.1 Å². The van der Waals surface area contributed by atoms with Gasteiger partial charge in [0.25, 0.3) is 0 Å². The number of hydrogen-bond acceptors (Lipinski definition) is 10. The van der Waals surface area contributed by atoms with E-state index in [1.54, 1.807) is 38.3 Å². The Labute approximate surface area is 230 Å². The maximum atomic E-state index is 12.3. The highest BCUT2D eigenvalue weighted by Crippen LogP contribution is 2.22. The Kier molecular flexibility index (Phi) is 14.6. The van der Waals surface area contributed by atoms with Crippen molar-refractivity contribution in [1.29, 1.82) is 5.41 Å². The van der Waals surface area contributed by atoms with Crippen LogP contribution in [0.25, 0.3) is 0 Å².